The average Bonchev–Trinajstić information content (AvgIpc) is 2.69. The lowest BCUT2D eigenvalue weighted by atomic mass is 10.0. The molecule has 1 N–H and O–H groups in total. The Hall–Kier alpha value is -1.69. The molecule has 2 unspecified atom stereocenters. The first kappa shape index (κ1) is 12.8. The van der Waals surface area contributed by atoms with Gasteiger partial charge in [0.05, 0.1) is 17.6 Å². The summed E-state index contributed by atoms with van der Waals surface area (Å²) < 4.78 is 0. The van der Waals surface area contributed by atoms with Crippen molar-refractivity contribution in [2.24, 2.45) is 5.92 Å². The molecule has 0 bridgehead atoms. The summed E-state index contributed by atoms with van der Waals surface area (Å²) >= 11 is 0. The summed E-state index contributed by atoms with van der Waals surface area (Å²) in [5.74, 6) is 0.695. The number of nitro groups is 1. The van der Waals surface area contributed by atoms with Crippen molar-refractivity contribution in [2.75, 3.05) is 18.1 Å². The maximum absolute atomic E-state index is 11.0. The zero-order valence-electron chi connectivity index (χ0n) is 10.5. The fourth-order valence-electron chi connectivity index (χ4n) is 2.44. The molecule has 2 atom stereocenters. The summed E-state index contributed by atoms with van der Waals surface area (Å²) in [6.07, 6.45) is 0.915. The minimum atomic E-state index is -0.417. The highest BCUT2D eigenvalue weighted by molar-refractivity contribution is 5.59. The summed E-state index contributed by atoms with van der Waals surface area (Å²) in [4.78, 5) is 16.8. The van der Waals surface area contributed by atoms with Gasteiger partial charge in [-0.2, -0.15) is 0 Å². The van der Waals surface area contributed by atoms with Crippen molar-refractivity contribution >= 4 is 11.5 Å². The van der Waals surface area contributed by atoms with E-state index in [1.54, 1.807) is 13.0 Å². The lowest BCUT2D eigenvalue weighted by Gasteiger charge is -2.26. The van der Waals surface area contributed by atoms with Gasteiger partial charge in [0.2, 0.25) is 5.82 Å². The Bertz CT molecular complexity index is 464. The molecule has 1 saturated heterocycles. The second-order valence-electron chi connectivity index (χ2n) is 4.76. The van der Waals surface area contributed by atoms with Crippen molar-refractivity contribution in [1.29, 1.82) is 0 Å². The first-order valence-corrected chi connectivity index (χ1v) is 6.04. The van der Waals surface area contributed by atoms with Crippen LogP contribution >= 0.6 is 0 Å². The van der Waals surface area contributed by atoms with Crippen LogP contribution in [0, 0.1) is 23.0 Å². The molecule has 98 valence electrons. The molecule has 1 aliphatic rings. The van der Waals surface area contributed by atoms with E-state index in [1.165, 1.54) is 6.07 Å². The van der Waals surface area contributed by atoms with Gasteiger partial charge in [-0.25, -0.2) is 4.98 Å². The van der Waals surface area contributed by atoms with Crippen molar-refractivity contribution in [3.05, 3.63) is 27.9 Å². The summed E-state index contributed by atoms with van der Waals surface area (Å²) in [7, 11) is 0. The molecule has 18 heavy (non-hydrogen) atoms. The molecule has 0 saturated carbocycles. The van der Waals surface area contributed by atoms with Crippen LogP contribution in [0.25, 0.3) is 0 Å². The number of aryl methyl sites for hydroxylation is 1. The van der Waals surface area contributed by atoms with E-state index in [0.717, 1.165) is 12.1 Å². The average molecular weight is 251 g/mol. The van der Waals surface area contributed by atoms with Gasteiger partial charge in [0.1, 0.15) is 0 Å². The highest BCUT2D eigenvalue weighted by Crippen LogP contribution is 2.34. The molecule has 0 aliphatic carbocycles. The van der Waals surface area contributed by atoms with Crippen LogP contribution in [0.4, 0.5) is 11.5 Å². The van der Waals surface area contributed by atoms with Crippen LogP contribution in [0.1, 0.15) is 19.0 Å². The first-order valence-electron chi connectivity index (χ1n) is 6.04. The Balaban J connectivity index is 2.43. The monoisotopic (exact) mass is 251 g/mol. The number of hydrogen-bond donors (Lipinski definition) is 1. The van der Waals surface area contributed by atoms with Crippen molar-refractivity contribution in [1.82, 2.24) is 4.98 Å². The highest BCUT2D eigenvalue weighted by Gasteiger charge is 2.35. The molecule has 6 heteroatoms. The third-order valence-electron chi connectivity index (χ3n) is 3.53. The third kappa shape index (κ3) is 2.15. The lowest BCUT2D eigenvalue weighted by molar-refractivity contribution is -0.384. The Morgan fingerprint density at radius 2 is 2.33 bits per heavy atom. The van der Waals surface area contributed by atoms with Gasteiger partial charge in [-0.05, 0) is 25.3 Å². The van der Waals surface area contributed by atoms with Gasteiger partial charge in [-0.1, -0.05) is 6.92 Å². The largest absolute Gasteiger partial charge is 0.394 e. The fraction of sp³-hybridized carbons (Fsp3) is 0.583. The number of anilines is 1. The van der Waals surface area contributed by atoms with Crippen molar-refractivity contribution in [3.8, 4) is 0 Å². The van der Waals surface area contributed by atoms with E-state index >= 15 is 0 Å². The second kappa shape index (κ2) is 4.89. The van der Waals surface area contributed by atoms with Crippen LogP contribution in [0.15, 0.2) is 12.1 Å². The number of aliphatic hydroxyl groups is 1. The van der Waals surface area contributed by atoms with Gasteiger partial charge in [0.15, 0.2) is 0 Å². The quantitative estimate of drug-likeness (QED) is 0.650. The standard InChI is InChI=1S/C12H17N3O3/c1-8-5-6-14(11(8)7-16)12-10(15(17)18)4-3-9(2)13-12/h3-4,8,11,16H,5-7H2,1-2H3. The van der Waals surface area contributed by atoms with Gasteiger partial charge in [0.25, 0.3) is 0 Å². The van der Waals surface area contributed by atoms with Gasteiger partial charge >= 0.3 is 5.69 Å². The smallest absolute Gasteiger partial charge is 0.311 e. The molecule has 6 nitrogen and oxygen atoms in total. The van der Waals surface area contributed by atoms with Crippen molar-refractivity contribution in [3.63, 3.8) is 0 Å². The van der Waals surface area contributed by atoms with Gasteiger partial charge in [0, 0.05) is 18.3 Å². The minimum Gasteiger partial charge on any atom is -0.394 e. The van der Waals surface area contributed by atoms with E-state index in [4.69, 9.17) is 0 Å². The number of aliphatic hydroxyl groups excluding tert-OH is 1. The van der Waals surface area contributed by atoms with E-state index in [1.807, 2.05) is 11.8 Å². The number of aromatic nitrogens is 1. The highest BCUT2D eigenvalue weighted by atomic mass is 16.6. The van der Waals surface area contributed by atoms with E-state index in [-0.39, 0.29) is 18.3 Å². The molecule has 0 radical (unpaired) electrons. The number of nitrogens with zero attached hydrogens (tertiary/aromatic N) is 3. The van der Waals surface area contributed by atoms with Gasteiger partial charge in [-0.15, -0.1) is 0 Å². The van der Waals surface area contributed by atoms with Crippen LogP contribution < -0.4 is 4.90 Å². The molecule has 1 aromatic rings. The predicted molar refractivity (Wildman–Crippen MR) is 67.6 cm³/mol. The Labute approximate surface area is 105 Å². The summed E-state index contributed by atoms with van der Waals surface area (Å²) in [5.41, 5.74) is 0.750. The normalized spacial score (nSPS) is 23.4. The molecule has 0 amide bonds. The molecular weight excluding hydrogens is 234 g/mol. The maximum atomic E-state index is 11.0. The number of rotatable bonds is 3. The van der Waals surface area contributed by atoms with Crippen molar-refractivity contribution in [2.45, 2.75) is 26.3 Å². The Kier molecular flexibility index (Phi) is 3.47. The van der Waals surface area contributed by atoms with Crippen LogP contribution in [-0.2, 0) is 0 Å². The minimum absolute atomic E-state index is 0.00601. The number of pyridine rings is 1. The van der Waals surface area contributed by atoms with E-state index < -0.39 is 4.92 Å². The first-order chi connectivity index (χ1) is 8.54. The van der Waals surface area contributed by atoms with Crippen LogP contribution in [0.5, 0.6) is 0 Å². The Morgan fingerprint density at radius 3 is 2.94 bits per heavy atom. The van der Waals surface area contributed by atoms with Crippen LogP contribution in [-0.4, -0.2) is 34.2 Å². The maximum Gasteiger partial charge on any atom is 0.311 e. The second-order valence-corrected chi connectivity index (χ2v) is 4.76. The van der Waals surface area contributed by atoms with Crippen molar-refractivity contribution < 1.29 is 10.0 Å². The van der Waals surface area contributed by atoms with E-state index in [2.05, 4.69) is 4.98 Å². The molecule has 1 aliphatic heterocycles. The summed E-state index contributed by atoms with van der Waals surface area (Å²) in [6, 6.07) is 3.03. The van der Waals surface area contributed by atoms with Gasteiger partial charge < -0.3 is 10.0 Å². The lowest BCUT2D eigenvalue weighted by Crippen LogP contribution is -2.36. The molecular formula is C12H17N3O3. The van der Waals surface area contributed by atoms with Crippen LogP contribution in [0.2, 0.25) is 0 Å². The van der Waals surface area contributed by atoms with E-state index in [0.29, 0.717) is 18.3 Å². The molecule has 1 fully saturated rings. The molecule has 2 heterocycles. The Morgan fingerprint density at radius 1 is 1.61 bits per heavy atom. The molecule has 2 rings (SSSR count). The SMILES string of the molecule is Cc1ccc([N+](=O)[O-])c(N2CCC(C)C2CO)n1. The zero-order chi connectivity index (χ0) is 13.3. The summed E-state index contributed by atoms with van der Waals surface area (Å²) in [6.45, 7) is 4.54. The fourth-order valence-corrected chi connectivity index (χ4v) is 2.44. The van der Waals surface area contributed by atoms with E-state index in [9.17, 15) is 15.2 Å². The predicted octanol–water partition coefficient (Wildman–Crippen LogP) is 1.51. The third-order valence-corrected chi connectivity index (χ3v) is 3.53. The van der Waals surface area contributed by atoms with Gasteiger partial charge in [-0.3, -0.25) is 10.1 Å². The topological polar surface area (TPSA) is 79.5 Å². The van der Waals surface area contributed by atoms with Crippen LogP contribution in [0.3, 0.4) is 0 Å². The summed E-state index contributed by atoms with van der Waals surface area (Å²) in [5, 5.41) is 20.5. The molecule has 0 aromatic carbocycles. The molecule has 1 aromatic heterocycles. The molecule has 0 spiro atoms. The number of hydrogen-bond acceptors (Lipinski definition) is 5. The zero-order valence-corrected chi connectivity index (χ0v) is 10.5.